The highest BCUT2D eigenvalue weighted by atomic mass is 19.4. The fourth-order valence-electron chi connectivity index (χ4n) is 3.45. The fraction of sp³-hybridized carbons (Fsp3) is 0.238. The highest BCUT2D eigenvalue weighted by Crippen LogP contribution is 2.25. The van der Waals surface area contributed by atoms with Crippen molar-refractivity contribution in [3.05, 3.63) is 71.5 Å². The van der Waals surface area contributed by atoms with Crippen LogP contribution in [-0.2, 0) is 12.8 Å². The molecule has 3 aromatic rings. The summed E-state index contributed by atoms with van der Waals surface area (Å²) >= 11 is 0. The number of halogens is 3. The smallest absolute Gasteiger partial charge is 0.406 e. The molecule has 0 saturated heterocycles. The van der Waals surface area contributed by atoms with Gasteiger partial charge in [-0.05, 0) is 66.8 Å². The maximum Gasteiger partial charge on any atom is 0.573 e. The number of hydrogen-bond donors (Lipinski definition) is 2. The number of nitrogens with zero attached hydrogens (tertiary/aromatic N) is 2. The first-order valence-electron chi connectivity index (χ1n) is 9.36. The van der Waals surface area contributed by atoms with Gasteiger partial charge in [-0.25, -0.2) is 4.68 Å². The van der Waals surface area contributed by atoms with Gasteiger partial charge in [0.25, 0.3) is 5.91 Å². The summed E-state index contributed by atoms with van der Waals surface area (Å²) in [5.41, 5.74) is 9.90. The summed E-state index contributed by atoms with van der Waals surface area (Å²) in [6.07, 6.45) is 0.791. The fourth-order valence-corrected chi connectivity index (χ4v) is 3.45. The Morgan fingerprint density at radius 2 is 1.93 bits per heavy atom. The monoisotopic (exact) mass is 416 g/mol. The molecule has 1 amide bonds. The number of ether oxygens (including phenoxy) is 1. The van der Waals surface area contributed by atoms with Gasteiger partial charge in [0.2, 0.25) is 0 Å². The standard InChI is InChI=1S/C21H19F3N4O2/c22-21(23,24)30-19-7-5-18(6-8-19)28-12-15(11-26-28)20(29)27-17-4-2-13-9-16(25)3-1-14(13)10-17/h2,4-8,10-12,16H,1,3,9,25H2,(H,27,29)/t16-/m0/s1. The molecular formula is C21H19F3N4O2. The lowest BCUT2D eigenvalue weighted by Crippen LogP contribution is -2.27. The second-order valence-electron chi connectivity index (χ2n) is 7.16. The molecule has 0 bridgehead atoms. The lowest BCUT2D eigenvalue weighted by Gasteiger charge is -2.22. The van der Waals surface area contributed by atoms with E-state index in [9.17, 15) is 18.0 Å². The molecule has 3 N–H and O–H groups in total. The van der Waals surface area contributed by atoms with Crippen LogP contribution >= 0.6 is 0 Å². The Morgan fingerprint density at radius 3 is 2.67 bits per heavy atom. The summed E-state index contributed by atoms with van der Waals surface area (Å²) in [5, 5.41) is 6.96. The molecule has 156 valence electrons. The molecule has 30 heavy (non-hydrogen) atoms. The molecule has 4 rings (SSSR count). The van der Waals surface area contributed by atoms with Crippen molar-refractivity contribution < 1.29 is 22.7 Å². The van der Waals surface area contributed by atoms with Crippen molar-refractivity contribution >= 4 is 11.6 Å². The number of fused-ring (bicyclic) bond motifs is 1. The largest absolute Gasteiger partial charge is 0.573 e. The molecule has 0 unspecified atom stereocenters. The predicted molar refractivity (Wildman–Crippen MR) is 105 cm³/mol. The molecule has 1 heterocycles. The number of carbonyl (C=O) groups is 1. The van der Waals surface area contributed by atoms with Crippen LogP contribution in [0.25, 0.3) is 5.69 Å². The summed E-state index contributed by atoms with van der Waals surface area (Å²) in [6, 6.07) is 11.2. The number of nitrogens with two attached hydrogens (primary N) is 1. The summed E-state index contributed by atoms with van der Waals surface area (Å²) in [5.74, 6) is -0.657. The third kappa shape index (κ3) is 4.62. The molecule has 1 aliphatic rings. The van der Waals surface area contributed by atoms with Crippen molar-refractivity contribution in [2.24, 2.45) is 5.73 Å². The van der Waals surface area contributed by atoms with Gasteiger partial charge < -0.3 is 15.8 Å². The predicted octanol–water partition coefficient (Wildman–Crippen LogP) is 3.84. The van der Waals surface area contributed by atoms with Crippen LogP contribution < -0.4 is 15.8 Å². The van der Waals surface area contributed by atoms with Gasteiger partial charge in [0.1, 0.15) is 5.75 Å². The number of hydrogen-bond acceptors (Lipinski definition) is 4. The minimum Gasteiger partial charge on any atom is -0.406 e. The Kier molecular flexibility index (Phi) is 5.21. The summed E-state index contributed by atoms with van der Waals surface area (Å²) in [6.45, 7) is 0. The molecule has 1 atom stereocenters. The second-order valence-corrected chi connectivity index (χ2v) is 7.16. The van der Waals surface area contributed by atoms with Crippen LogP contribution in [0.15, 0.2) is 54.9 Å². The van der Waals surface area contributed by atoms with E-state index in [-0.39, 0.29) is 17.7 Å². The molecular weight excluding hydrogens is 397 g/mol. The Labute approximate surface area is 170 Å². The van der Waals surface area contributed by atoms with E-state index in [2.05, 4.69) is 15.2 Å². The Balaban J connectivity index is 1.44. The summed E-state index contributed by atoms with van der Waals surface area (Å²) in [7, 11) is 0. The average Bonchev–Trinajstić information content (AvgIpc) is 3.18. The number of aromatic nitrogens is 2. The number of benzene rings is 2. The molecule has 1 aliphatic carbocycles. The van der Waals surface area contributed by atoms with Crippen LogP contribution in [0.3, 0.4) is 0 Å². The van der Waals surface area contributed by atoms with Crippen LogP contribution in [0.4, 0.5) is 18.9 Å². The van der Waals surface area contributed by atoms with Crippen molar-refractivity contribution in [1.82, 2.24) is 9.78 Å². The van der Waals surface area contributed by atoms with Crippen molar-refractivity contribution in [3.8, 4) is 11.4 Å². The zero-order valence-corrected chi connectivity index (χ0v) is 15.8. The van der Waals surface area contributed by atoms with Crippen LogP contribution in [0, 0.1) is 0 Å². The first kappa shape index (κ1) is 20.0. The van der Waals surface area contributed by atoms with E-state index >= 15 is 0 Å². The second kappa shape index (κ2) is 7.83. The van der Waals surface area contributed by atoms with Gasteiger partial charge in [0.05, 0.1) is 17.4 Å². The van der Waals surface area contributed by atoms with Crippen molar-refractivity contribution in [2.75, 3.05) is 5.32 Å². The Bertz CT molecular complexity index is 1060. The number of alkyl halides is 3. The van der Waals surface area contributed by atoms with Crippen LogP contribution in [0.1, 0.15) is 27.9 Å². The van der Waals surface area contributed by atoms with Crippen LogP contribution in [0.5, 0.6) is 5.75 Å². The topological polar surface area (TPSA) is 82.2 Å². The van der Waals surface area contributed by atoms with E-state index in [0.717, 1.165) is 19.3 Å². The van der Waals surface area contributed by atoms with Gasteiger partial charge in [-0.3, -0.25) is 4.79 Å². The third-order valence-corrected chi connectivity index (χ3v) is 4.91. The first-order chi connectivity index (χ1) is 14.3. The van der Waals surface area contributed by atoms with Gasteiger partial charge in [-0.15, -0.1) is 13.2 Å². The molecule has 2 aromatic carbocycles. The van der Waals surface area contributed by atoms with Gasteiger partial charge in [0.15, 0.2) is 0 Å². The molecule has 0 spiro atoms. The van der Waals surface area contributed by atoms with Gasteiger partial charge >= 0.3 is 6.36 Å². The Hall–Kier alpha value is -3.33. The molecule has 6 nitrogen and oxygen atoms in total. The average molecular weight is 416 g/mol. The Morgan fingerprint density at radius 1 is 1.17 bits per heavy atom. The van der Waals surface area contributed by atoms with E-state index in [4.69, 9.17) is 5.73 Å². The lowest BCUT2D eigenvalue weighted by molar-refractivity contribution is -0.274. The number of anilines is 1. The van der Waals surface area contributed by atoms with Crippen molar-refractivity contribution in [1.29, 1.82) is 0 Å². The maximum atomic E-state index is 12.6. The van der Waals surface area contributed by atoms with Crippen LogP contribution in [-0.4, -0.2) is 28.1 Å². The first-order valence-corrected chi connectivity index (χ1v) is 9.36. The van der Waals surface area contributed by atoms with E-state index in [1.807, 2.05) is 18.2 Å². The van der Waals surface area contributed by atoms with E-state index in [0.29, 0.717) is 16.9 Å². The zero-order valence-electron chi connectivity index (χ0n) is 15.8. The van der Waals surface area contributed by atoms with Gasteiger partial charge in [-0.1, -0.05) is 6.07 Å². The van der Waals surface area contributed by atoms with Gasteiger partial charge in [-0.2, -0.15) is 5.10 Å². The summed E-state index contributed by atoms with van der Waals surface area (Å²) in [4.78, 5) is 12.6. The van der Waals surface area contributed by atoms with E-state index in [1.54, 1.807) is 0 Å². The molecule has 0 saturated carbocycles. The van der Waals surface area contributed by atoms with Gasteiger partial charge in [0, 0.05) is 17.9 Å². The highest BCUT2D eigenvalue weighted by molar-refractivity contribution is 6.04. The zero-order chi connectivity index (χ0) is 21.3. The maximum absolute atomic E-state index is 12.6. The normalized spacial score (nSPS) is 16.1. The third-order valence-electron chi connectivity index (χ3n) is 4.91. The number of aryl methyl sites for hydroxylation is 1. The lowest BCUT2D eigenvalue weighted by atomic mass is 9.88. The number of carbonyl (C=O) groups excluding carboxylic acids is 1. The van der Waals surface area contributed by atoms with E-state index < -0.39 is 6.36 Å². The number of amides is 1. The van der Waals surface area contributed by atoms with Crippen LogP contribution in [0.2, 0.25) is 0 Å². The minimum atomic E-state index is -4.75. The number of rotatable bonds is 4. The van der Waals surface area contributed by atoms with E-state index in [1.165, 1.54) is 52.5 Å². The highest BCUT2D eigenvalue weighted by Gasteiger charge is 2.31. The minimum absolute atomic E-state index is 0.179. The molecule has 0 aliphatic heterocycles. The molecule has 0 radical (unpaired) electrons. The SMILES string of the molecule is N[C@H]1CCc2cc(NC(=O)c3cnn(-c4ccc(OC(F)(F)F)cc4)c3)ccc2C1. The van der Waals surface area contributed by atoms with Crippen molar-refractivity contribution in [3.63, 3.8) is 0 Å². The molecule has 9 heteroatoms. The quantitative estimate of drug-likeness (QED) is 0.677. The number of nitrogens with one attached hydrogen (secondary N) is 1. The summed E-state index contributed by atoms with van der Waals surface area (Å²) < 4.78 is 42.0. The molecule has 1 aromatic heterocycles. The molecule has 0 fully saturated rings. The van der Waals surface area contributed by atoms with Crippen molar-refractivity contribution in [2.45, 2.75) is 31.7 Å².